The van der Waals surface area contributed by atoms with Crippen molar-refractivity contribution in [2.24, 2.45) is 21.8 Å². The smallest absolute Gasteiger partial charge is 0.350 e. The standard InChI is InChI=1S/C72H74N4O20/c1-40-34-54(79)76(75-40)49-30-28-47(29-31-49)65(85)73-50(32-33-55(80)81)66(86)74-59(46-24-16-10-17-25-46)61(94-57(83)36-45-22-14-9-15-23-45)68(88)92-51-38-72(89)64(95-67(87)48-26-18-11-19-27-48)62-70(7,63(84)60(91-42(3)77)58(41(51)2)69(72,5)6)52(37-53-71(62,39-90-53)96-43(4)78)93-56(82)35-44-20-12-8-13-21-44/h8-31,50-53,59-62,64,89H,32-39H2,1-7H3,(H,73,85)(H,74,86)(H,80,81)/t50-,51+,52+,53-,59+,60-,61-,62+,64+,70-,71+,72-/m1/s1. The fraction of sp³-hybridized carbons (Fsp3) is 0.389. The summed E-state index contributed by atoms with van der Waals surface area (Å²) < 4.78 is 44.3. The predicted octanol–water partition coefficient (Wildman–Crippen LogP) is 6.79. The molecule has 24 heteroatoms. The van der Waals surface area contributed by atoms with Gasteiger partial charge in [-0.05, 0) is 91.4 Å². The Labute approximate surface area is 552 Å². The molecular formula is C72H74N4O20. The zero-order valence-electron chi connectivity index (χ0n) is 53.8. The molecular weight excluding hydrogens is 1240 g/mol. The Hall–Kier alpha value is -10.2. The van der Waals surface area contributed by atoms with Crippen LogP contribution in [0.2, 0.25) is 0 Å². The van der Waals surface area contributed by atoms with Crippen molar-refractivity contribution in [2.45, 2.75) is 153 Å². The number of carbonyl (C=O) groups excluding carboxylic acids is 10. The summed E-state index contributed by atoms with van der Waals surface area (Å²) in [5, 5.41) is 35.1. The monoisotopic (exact) mass is 1310 g/mol. The molecule has 3 amide bonds. The fourth-order valence-corrected chi connectivity index (χ4v) is 14.1. The fourth-order valence-electron chi connectivity index (χ4n) is 14.1. The van der Waals surface area contributed by atoms with E-state index in [4.69, 9.17) is 33.2 Å². The van der Waals surface area contributed by atoms with E-state index in [9.17, 15) is 43.8 Å². The quantitative estimate of drug-likeness (QED) is 0.0315. The van der Waals surface area contributed by atoms with Gasteiger partial charge in [0.2, 0.25) is 12.0 Å². The Balaban J connectivity index is 1.09. The lowest BCUT2D eigenvalue weighted by atomic mass is 9.44. The number of hydrogen-bond donors (Lipinski definition) is 4. The second kappa shape index (κ2) is 28.0. The largest absolute Gasteiger partial charge is 0.481 e. The highest BCUT2D eigenvalue weighted by Gasteiger charge is 2.79. The van der Waals surface area contributed by atoms with Crippen LogP contribution in [-0.4, -0.2) is 142 Å². The molecule has 2 heterocycles. The minimum absolute atomic E-state index is 0.000464. The van der Waals surface area contributed by atoms with Gasteiger partial charge in [0.1, 0.15) is 42.1 Å². The van der Waals surface area contributed by atoms with Gasteiger partial charge in [0.15, 0.2) is 17.5 Å². The van der Waals surface area contributed by atoms with Crippen LogP contribution in [0.4, 0.5) is 5.69 Å². The lowest BCUT2D eigenvalue weighted by molar-refractivity contribution is -0.346. The molecule has 0 unspecified atom stereocenters. The maximum absolute atomic E-state index is 16.6. The molecule has 24 nitrogen and oxygen atoms in total. The van der Waals surface area contributed by atoms with Gasteiger partial charge in [0, 0.05) is 49.8 Å². The molecule has 0 spiro atoms. The van der Waals surface area contributed by atoms with Gasteiger partial charge in [-0.2, -0.15) is 5.10 Å². The molecule has 502 valence electrons. The van der Waals surface area contributed by atoms with Crippen molar-refractivity contribution in [1.82, 2.24) is 10.6 Å². The van der Waals surface area contributed by atoms with Crippen LogP contribution in [0.25, 0.3) is 0 Å². The number of ether oxygens (including phenoxy) is 7. The van der Waals surface area contributed by atoms with Gasteiger partial charge in [-0.1, -0.05) is 123 Å². The second-order valence-electron chi connectivity index (χ2n) is 25.5. The van der Waals surface area contributed by atoms with Gasteiger partial charge in [0.25, 0.3) is 11.8 Å². The molecule has 2 bridgehead atoms. The van der Waals surface area contributed by atoms with E-state index in [-0.39, 0.29) is 53.0 Å². The Morgan fingerprint density at radius 3 is 1.85 bits per heavy atom. The number of amides is 3. The summed E-state index contributed by atoms with van der Waals surface area (Å²) in [6.07, 6.45) is -13.6. The number of fused-ring (bicyclic) bond motifs is 5. The van der Waals surface area contributed by atoms with Gasteiger partial charge in [-0.25, -0.2) is 14.6 Å². The molecule has 5 aliphatic rings. The average Bonchev–Trinajstić information content (AvgIpc) is 0.697. The maximum atomic E-state index is 16.6. The van der Waals surface area contributed by atoms with E-state index in [2.05, 4.69) is 15.7 Å². The van der Waals surface area contributed by atoms with Crippen LogP contribution < -0.4 is 15.6 Å². The van der Waals surface area contributed by atoms with Gasteiger partial charge < -0.3 is 54.0 Å². The molecule has 3 fully saturated rings. The van der Waals surface area contributed by atoms with Crippen molar-refractivity contribution >= 4 is 76.7 Å². The van der Waals surface area contributed by atoms with E-state index in [0.29, 0.717) is 22.5 Å². The molecule has 5 aromatic carbocycles. The van der Waals surface area contributed by atoms with E-state index in [1.54, 1.807) is 104 Å². The van der Waals surface area contributed by atoms with Crippen LogP contribution >= 0.6 is 0 Å². The van der Waals surface area contributed by atoms with Crippen molar-refractivity contribution in [3.8, 4) is 0 Å². The minimum Gasteiger partial charge on any atom is -0.481 e. The molecule has 1 saturated heterocycles. The molecule has 4 N–H and O–H groups in total. The van der Waals surface area contributed by atoms with E-state index in [0.717, 1.165) is 13.8 Å². The summed E-state index contributed by atoms with van der Waals surface area (Å²) in [5.74, 6) is -12.4. The molecule has 0 radical (unpaired) electrons. The third-order valence-electron chi connectivity index (χ3n) is 18.9. The van der Waals surface area contributed by atoms with Crippen molar-refractivity contribution in [1.29, 1.82) is 0 Å². The van der Waals surface area contributed by atoms with Gasteiger partial charge in [-0.15, -0.1) is 0 Å². The lowest BCUT2D eigenvalue weighted by Gasteiger charge is -2.67. The number of rotatable bonds is 22. The normalized spacial score (nSPS) is 25.6. The molecule has 12 atom stereocenters. The van der Waals surface area contributed by atoms with Crippen LogP contribution in [0.3, 0.4) is 0 Å². The summed E-state index contributed by atoms with van der Waals surface area (Å²) in [6.45, 7) is 9.26. The van der Waals surface area contributed by atoms with E-state index in [1.807, 2.05) is 0 Å². The number of Topliss-reactive ketones (excluding diaryl/α,β-unsaturated/α-hetero) is 1. The van der Waals surface area contributed by atoms with Crippen LogP contribution in [-0.2, 0) is 89.2 Å². The Kier molecular flexibility index (Phi) is 20.0. The molecule has 10 rings (SSSR count). The summed E-state index contributed by atoms with van der Waals surface area (Å²) in [6, 6.07) is 34.5. The number of anilines is 1. The Bertz CT molecular complexity index is 3920. The van der Waals surface area contributed by atoms with Crippen molar-refractivity contribution in [3.63, 3.8) is 0 Å². The zero-order chi connectivity index (χ0) is 69.0. The number of hydrogen-bond acceptors (Lipinski definition) is 20. The summed E-state index contributed by atoms with van der Waals surface area (Å²) in [7, 11) is 0. The van der Waals surface area contributed by atoms with E-state index >= 15 is 19.2 Å². The number of carbonyl (C=O) groups is 11. The highest BCUT2D eigenvalue weighted by Crippen LogP contribution is 2.65. The number of hydrazone groups is 1. The summed E-state index contributed by atoms with van der Waals surface area (Å²) >= 11 is 0. The molecule has 5 aromatic rings. The molecule has 0 aromatic heterocycles. The number of benzene rings is 5. The Morgan fingerprint density at radius 1 is 0.708 bits per heavy atom. The van der Waals surface area contributed by atoms with Crippen molar-refractivity contribution in [2.75, 3.05) is 11.6 Å². The number of ketones is 1. The molecule has 96 heavy (non-hydrogen) atoms. The minimum atomic E-state index is -2.65. The van der Waals surface area contributed by atoms with Crippen molar-refractivity contribution < 1.29 is 96.1 Å². The topological polar surface area (TPSA) is 332 Å². The predicted molar refractivity (Wildman–Crippen MR) is 340 cm³/mol. The van der Waals surface area contributed by atoms with E-state index < -0.39 is 168 Å². The first kappa shape index (κ1) is 68.7. The highest BCUT2D eigenvalue weighted by atomic mass is 16.6. The van der Waals surface area contributed by atoms with Crippen LogP contribution in [0.5, 0.6) is 0 Å². The van der Waals surface area contributed by atoms with Crippen LogP contribution in [0.1, 0.15) is 124 Å². The number of aliphatic carboxylic acids is 1. The zero-order valence-corrected chi connectivity index (χ0v) is 53.8. The first-order valence-electron chi connectivity index (χ1n) is 31.4. The number of nitrogens with zero attached hydrogens (tertiary/aromatic N) is 2. The van der Waals surface area contributed by atoms with Gasteiger partial charge >= 0.3 is 41.8 Å². The average molecular weight is 1320 g/mol. The Morgan fingerprint density at radius 2 is 1.30 bits per heavy atom. The van der Waals surface area contributed by atoms with Crippen LogP contribution in [0.15, 0.2) is 162 Å². The highest BCUT2D eigenvalue weighted by molar-refractivity contribution is 6.12. The maximum Gasteiger partial charge on any atom is 0.350 e. The first-order valence-corrected chi connectivity index (χ1v) is 31.4. The van der Waals surface area contributed by atoms with Gasteiger partial charge in [-0.3, -0.25) is 43.2 Å². The third kappa shape index (κ3) is 13.8. The number of carboxylic acids is 1. The molecule has 2 saturated carbocycles. The molecule has 2 aliphatic heterocycles. The summed E-state index contributed by atoms with van der Waals surface area (Å²) in [5.41, 5.74) is -6.88. The first-order chi connectivity index (χ1) is 45.6. The lowest BCUT2D eigenvalue weighted by Crippen LogP contribution is -2.82. The number of carboxylic acid groups (broad SMARTS) is 1. The SMILES string of the molecule is CC(=O)O[C@H]1C(=O)[C@]2(C)[C@@H](OC(=O)Cc3ccccc3)C[C@H]3OC[C@@]3(OC(C)=O)[C@H]2[C@H](OC(=O)c2ccccc2)[C@]2(O)C[C@H](OC(=O)[C@H](OC(=O)Cc3ccccc3)[C@@H](NC(=O)[C@@H](CCC(=O)O)NC(=O)c3ccc(N4N=C(C)CC4=O)cc3)c3ccccc3)C(C)=C1C2(C)C. The number of nitrogens with one attached hydrogen (secondary N) is 2. The van der Waals surface area contributed by atoms with Gasteiger partial charge in [0.05, 0.1) is 48.5 Å². The number of aliphatic hydroxyl groups is 1. The van der Waals surface area contributed by atoms with Crippen LogP contribution in [0, 0.1) is 16.7 Å². The van der Waals surface area contributed by atoms with E-state index in [1.165, 1.54) is 81.2 Å². The third-order valence-corrected chi connectivity index (χ3v) is 18.9. The molecule has 3 aliphatic carbocycles. The van der Waals surface area contributed by atoms with Crippen molar-refractivity contribution in [3.05, 3.63) is 185 Å². The number of esters is 6. The summed E-state index contributed by atoms with van der Waals surface area (Å²) in [4.78, 5) is 157. The second-order valence-corrected chi connectivity index (χ2v) is 25.5.